The number of hydrogen-bond donors (Lipinski definition) is 0. The number of halogens is 1. The van der Waals surface area contributed by atoms with Crippen LogP contribution in [0.15, 0.2) is 54.6 Å². The third-order valence-corrected chi connectivity index (χ3v) is 4.69. The van der Waals surface area contributed by atoms with Crippen LogP contribution in [-0.2, 0) is 0 Å². The summed E-state index contributed by atoms with van der Waals surface area (Å²) >= 11 is 6.84. The SMILES string of the molecule is COc1cc(OC)c(-c2cc(C)cc(-c3ccccc3)c2Cl)c(OC)c1. The van der Waals surface area contributed by atoms with Crippen molar-refractivity contribution in [3.05, 3.63) is 65.2 Å². The molecule has 0 spiro atoms. The van der Waals surface area contributed by atoms with Crippen molar-refractivity contribution in [1.82, 2.24) is 0 Å². The maximum absolute atomic E-state index is 6.84. The largest absolute Gasteiger partial charge is 0.496 e. The number of aryl methyl sites for hydroxylation is 1. The molecule has 26 heavy (non-hydrogen) atoms. The van der Waals surface area contributed by atoms with E-state index in [9.17, 15) is 0 Å². The van der Waals surface area contributed by atoms with Gasteiger partial charge in [-0.25, -0.2) is 0 Å². The van der Waals surface area contributed by atoms with Crippen molar-refractivity contribution in [2.45, 2.75) is 6.92 Å². The predicted molar refractivity (Wildman–Crippen MR) is 107 cm³/mol. The molecule has 0 atom stereocenters. The predicted octanol–water partition coefficient (Wildman–Crippen LogP) is 6.01. The molecular formula is C22H21ClO3. The van der Waals surface area contributed by atoms with E-state index < -0.39 is 0 Å². The Kier molecular flexibility index (Phi) is 5.38. The van der Waals surface area contributed by atoms with Crippen molar-refractivity contribution >= 4 is 11.6 Å². The molecule has 0 amide bonds. The van der Waals surface area contributed by atoms with Gasteiger partial charge in [-0.2, -0.15) is 0 Å². The summed E-state index contributed by atoms with van der Waals surface area (Å²) in [6, 6.07) is 17.9. The van der Waals surface area contributed by atoms with Gasteiger partial charge in [0.05, 0.1) is 31.9 Å². The Hall–Kier alpha value is -2.65. The first-order valence-corrected chi connectivity index (χ1v) is 8.62. The molecule has 0 radical (unpaired) electrons. The van der Waals surface area contributed by atoms with E-state index in [2.05, 4.69) is 13.0 Å². The van der Waals surface area contributed by atoms with Gasteiger partial charge in [0.15, 0.2) is 0 Å². The smallest absolute Gasteiger partial charge is 0.134 e. The Morgan fingerprint density at radius 1 is 0.731 bits per heavy atom. The van der Waals surface area contributed by atoms with Crippen LogP contribution < -0.4 is 14.2 Å². The molecule has 3 aromatic rings. The molecule has 134 valence electrons. The normalized spacial score (nSPS) is 10.5. The summed E-state index contributed by atoms with van der Waals surface area (Å²) in [6.07, 6.45) is 0. The number of methoxy groups -OCH3 is 3. The number of hydrogen-bond acceptors (Lipinski definition) is 3. The fourth-order valence-electron chi connectivity index (χ4n) is 3.05. The van der Waals surface area contributed by atoms with Crippen LogP contribution in [-0.4, -0.2) is 21.3 Å². The van der Waals surface area contributed by atoms with Crippen molar-refractivity contribution in [3.63, 3.8) is 0 Å². The lowest BCUT2D eigenvalue weighted by molar-refractivity contribution is 0.377. The minimum atomic E-state index is 0.646. The Labute approximate surface area is 159 Å². The second-order valence-electron chi connectivity index (χ2n) is 5.95. The Morgan fingerprint density at radius 3 is 1.85 bits per heavy atom. The van der Waals surface area contributed by atoms with E-state index in [0.29, 0.717) is 22.3 Å². The molecule has 0 aliphatic carbocycles. The summed E-state index contributed by atoms with van der Waals surface area (Å²) in [5, 5.41) is 0.656. The van der Waals surface area contributed by atoms with Gasteiger partial charge in [0.1, 0.15) is 17.2 Å². The van der Waals surface area contributed by atoms with Crippen molar-refractivity contribution in [2.24, 2.45) is 0 Å². The molecule has 0 aliphatic rings. The Bertz CT molecular complexity index is 895. The molecule has 0 saturated heterocycles. The van der Waals surface area contributed by atoms with Crippen LogP contribution in [0.1, 0.15) is 5.56 Å². The van der Waals surface area contributed by atoms with E-state index in [1.807, 2.05) is 48.5 Å². The standard InChI is InChI=1S/C22H21ClO3/c1-14-10-17(15-8-6-5-7-9-15)22(23)18(11-14)21-19(25-3)12-16(24-2)13-20(21)26-4/h5-13H,1-4H3. The van der Waals surface area contributed by atoms with Gasteiger partial charge in [0.25, 0.3) is 0 Å². The van der Waals surface area contributed by atoms with Crippen LogP contribution in [0.25, 0.3) is 22.3 Å². The highest BCUT2D eigenvalue weighted by Crippen LogP contribution is 2.47. The van der Waals surface area contributed by atoms with Gasteiger partial charge in [-0.1, -0.05) is 41.9 Å². The zero-order valence-corrected chi connectivity index (χ0v) is 16.1. The van der Waals surface area contributed by atoms with E-state index in [-0.39, 0.29) is 0 Å². The average Bonchev–Trinajstić information content (AvgIpc) is 2.69. The average molecular weight is 369 g/mol. The zero-order chi connectivity index (χ0) is 18.7. The van der Waals surface area contributed by atoms with Gasteiger partial charge in [-0.05, 0) is 30.2 Å². The van der Waals surface area contributed by atoms with Crippen LogP contribution >= 0.6 is 11.6 Å². The first-order valence-electron chi connectivity index (χ1n) is 8.25. The van der Waals surface area contributed by atoms with Gasteiger partial charge in [-0.3, -0.25) is 0 Å². The van der Waals surface area contributed by atoms with Crippen LogP contribution in [0.5, 0.6) is 17.2 Å². The van der Waals surface area contributed by atoms with E-state index in [1.165, 1.54) is 0 Å². The second-order valence-corrected chi connectivity index (χ2v) is 6.32. The van der Waals surface area contributed by atoms with Crippen LogP contribution in [0, 0.1) is 6.92 Å². The van der Waals surface area contributed by atoms with Gasteiger partial charge in [-0.15, -0.1) is 0 Å². The first kappa shape index (κ1) is 18.2. The molecule has 0 bridgehead atoms. The molecule has 4 heteroatoms. The number of ether oxygens (including phenoxy) is 3. The third-order valence-electron chi connectivity index (χ3n) is 4.29. The van der Waals surface area contributed by atoms with E-state index in [4.69, 9.17) is 25.8 Å². The van der Waals surface area contributed by atoms with E-state index >= 15 is 0 Å². The van der Waals surface area contributed by atoms with Gasteiger partial charge < -0.3 is 14.2 Å². The number of rotatable bonds is 5. The maximum Gasteiger partial charge on any atom is 0.134 e. The third kappa shape index (κ3) is 3.35. The first-order chi connectivity index (χ1) is 12.6. The minimum absolute atomic E-state index is 0.646. The van der Waals surface area contributed by atoms with Gasteiger partial charge in [0.2, 0.25) is 0 Å². The fourth-order valence-corrected chi connectivity index (χ4v) is 3.36. The number of benzene rings is 3. The van der Waals surface area contributed by atoms with E-state index in [1.54, 1.807) is 21.3 Å². The molecule has 3 aromatic carbocycles. The summed E-state index contributed by atoms with van der Waals surface area (Å²) in [7, 11) is 4.86. The molecule has 0 heterocycles. The highest BCUT2D eigenvalue weighted by Gasteiger charge is 2.20. The van der Waals surface area contributed by atoms with Crippen LogP contribution in [0.2, 0.25) is 5.02 Å². The second kappa shape index (κ2) is 7.71. The van der Waals surface area contributed by atoms with Crippen molar-refractivity contribution in [2.75, 3.05) is 21.3 Å². The monoisotopic (exact) mass is 368 g/mol. The Balaban J connectivity index is 2.30. The fraction of sp³-hybridized carbons (Fsp3) is 0.182. The van der Waals surface area contributed by atoms with Crippen molar-refractivity contribution < 1.29 is 14.2 Å². The summed E-state index contributed by atoms with van der Waals surface area (Å²) in [4.78, 5) is 0. The molecule has 0 aromatic heterocycles. The van der Waals surface area contributed by atoms with Crippen LogP contribution in [0.3, 0.4) is 0 Å². The topological polar surface area (TPSA) is 27.7 Å². The maximum atomic E-state index is 6.84. The molecule has 0 unspecified atom stereocenters. The molecule has 3 rings (SSSR count). The Morgan fingerprint density at radius 2 is 1.31 bits per heavy atom. The summed E-state index contributed by atoms with van der Waals surface area (Å²) in [5.41, 5.74) is 4.81. The minimum Gasteiger partial charge on any atom is -0.496 e. The lowest BCUT2D eigenvalue weighted by Crippen LogP contribution is -1.97. The molecule has 0 aliphatic heterocycles. The lowest BCUT2D eigenvalue weighted by atomic mass is 9.95. The zero-order valence-electron chi connectivity index (χ0n) is 15.3. The van der Waals surface area contributed by atoms with Crippen molar-refractivity contribution in [1.29, 1.82) is 0 Å². The highest BCUT2D eigenvalue weighted by atomic mass is 35.5. The quantitative estimate of drug-likeness (QED) is 0.552. The summed E-state index contributed by atoms with van der Waals surface area (Å²) < 4.78 is 16.6. The summed E-state index contributed by atoms with van der Waals surface area (Å²) in [5.74, 6) is 1.95. The molecule has 3 nitrogen and oxygen atoms in total. The summed E-state index contributed by atoms with van der Waals surface area (Å²) in [6.45, 7) is 2.05. The molecular weight excluding hydrogens is 348 g/mol. The van der Waals surface area contributed by atoms with Crippen LogP contribution in [0.4, 0.5) is 0 Å². The highest BCUT2D eigenvalue weighted by molar-refractivity contribution is 6.36. The van der Waals surface area contributed by atoms with Crippen molar-refractivity contribution in [3.8, 4) is 39.5 Å². The lowest BCUT2D eigenvalue weighted by Gasteiger charge is -2.18. The molecule has 0 fully saturated rings. The van der Waals surface area contributed by atoms with Gasteiger partial charge >= 0.3 is 0 Å². The molecule has 0 N–H and O–H groups in total. The van der Waals surface area contributed by atoms with E-state index in [0.717, 1.165) is 27.8 Å². The van der Waals surface area contributed by atoms with Gasteiger partial charge in [0, 0.05) is 23.3 Å². The molecule has 0 saturated carbocycles.